The zero-order chi connectivity index (χ0) is 23.2. The summed E-state index contributed by atoms with van der Waals surface area (Å²) in [5.74, 6) is -0.0266. The maximum absolute atomic E-state index is 13.1. The van der Waals surface area contributed by atoms with Gasteiger partial charge in [-0.05, 0) is 62.1 Å². The van der Waals surface area contributed by atoms with Crippen molar-refractivity contribution < 1.29 is 19.1 Å². The number of anilines is 1. The number of piperidine rings is 1. The summed E-state index contributed by atoms with van der Waals surface area (Å²) in [5, 5.41) is 2.87. The average Bonchev–Trinajstić information content (AvgIpc) is 3.28. The summed E-state index contributed by atoms with van der Waals surface area (Å²) in [6.07, 6.45) is 3.17. The molecule has 0 saturated carbocycles. The third kappa shape index (κ3) is 5.68. The first-order chi connectivity index (χ1) is 16.0. The van der Waals surface area contributed by atoms with E-state index in [4.69, 9.17) is 4.74 Å². The lowest BCUT2D eigenvalue weighted by atomic mass is 10.1. The van der Waals surface area contributed by atoms with E-state index in [1.54, 1.807) is 24.3 Å². The van der Waals surface area contributed by atoms with E-state index in [2.05, 4.69) is 5.32 Å². The monoisotopic (exact) mass is 462 g/mol. The number of likely N-dealkylation sites (tertiary alicyclic amines) is 1. The van der Waals surface area contributed by atoms with Gasteiger partial charge in [0.1, 0.15) is 10.6 Å². The fraction of sp³-hybridized carbons (Fsp3) is 0.269. The van der Waals surface area contributed by atoms with E-state index in [0.717, 1.165) is 42.8 Å². The van der Waals surface area contributed by atoms with E-state index in [9.17, 15) is 14.4 Å². The van der Waals surface area contributed by atoms with Crippen LogP contribution in [0.15, 0.2) is 60.7 Å². The molecule has 1 fully saturated rings. The molecule has 0 spiro atoms. The fourth-order valence-electron chi connectivity index (χ4n) is 3.73. The molecule has 0 aliphatic carbocycles. The maximum Gasteiger partial charge on any atom is 0.269 e. The maximum atomic E-state index is 13.1. The molecule has 0 atom stereocenters. The van der Waals surface area contributed by atoms with E-state index in [1.807, 2.05) is 41.3 Å². The second-order valence-corrected chi connectivity index (χ2v) is 9.04. The SMILES string of the molecule is CC(=O)c1ccc(NC(=O)c2sc(-c3ccccc3)cc2OCC(=O)N2CCCCC2)cc1. The second-order valence-electron chi connectivity index (χ2n) is 7.99. The first-order valence-electron chi connectivity index (χ1n) is 11.0. The van der Waals surface area contributed by atoms with Crippen molar-refractivity contribution in [3.63, 3.8) is 0 Å². The lowest BCUT2D eigenvalue weighted by Crippen LogP contribution is -2.38. The zero-order valence-corrected chi connectivity index (χ0v) is 19.3. The number of hydrogen-bond acceptors (Lipinski definition) is 5. The Morgan fingerprint density at radius 3 is 2.33 bits per heavy atom. The lowest BCUT2D eigenvalue weighted by molar-refractivity contribution is -0.134. The number of thiophene rings is 1. The highest BCUT2D eigenvalue weighted by atomic mass is 32.1. The number of nitrogens with one attached hydrogen (secondary N) is 1. The Morgan fingerprint density at radius 2 is 1.67 bits per heavy atom. The highest BCUT2D eigenvalue weighted by Gasteiger charge is 2.22. The van der Waals surface area contributed by atoms with Gasteiger partial charge in [-0.15, -0.1) is 11.3 Å². The van der Waals surface area contributed by atoms with Gasteiger partial charge in [0.05, 0.1) is 0 Å². The van der Waals surface area contributed by atoms with E-state index < -0.39 is 0 Å². The number of ether oxygens (including phenoxy) is 1. The molecule has 0 radical (unpaired) electrons. The van der Waals surface area contributed by atoms with Gasteiger partial charge in [-0.25, -0.2) is 0 Å². The molecule has 3 aromatic rings. The van der Waals surface area contributed by atoms with Crippen molar-refractivity contribution in [3.05, 3.63) is 71.1 Å². The molecular weight excluding hydrogens is 436 g/mol. The quantitative estimate of drug-likeness (QED) is 0.486. The predicted octanol–water partition coefficient (Wildman–Crippen LogP) is 5.26. The molecule has 2 aromatic carbocycles. The third-order valence-corrected chi connectivity index (χ3v) is 6.74. The average molecular weight is 463 g/mol. The first kappa shape index (κ1) is 22.7. The van der Waals surface area contributed by atoms with Crippen LogP contribution in [0.4, 0.5) is 5.69 Å². The number of Topliss-reactive ketones (excluding diaryl/α,β-unsaturated/α-hetero) is 1. The zero-order valence-electron chi connectivity index (χ0n) is 18.5. The van der Waals surface area contributed by atoms with Crippen LogP contribution in [0.3, 0.4) is 0 Å². The van der Waals surface area contributed by atoms with Crippen molar-refractivity contribution in [2.45, 2.75) is 26.2 Å². The van der Waals surface area contributed by atoms with Crippen molar-refractivity contribution >= 4 is 34.6 Å². The Balaban J connectivity index is 1.54. The summed E-state index contributed by atoms with van der Waals surface area (Å²) in [6, 6.07) is 18.3. The predicted molar refractivity (Wildman–Crippen MR) is 130 cm³/mol. The third-order valence-electron chi connectivity index (χ3n) is 5.57. The van der Waals surface area contributed by atoms with Gasteiger partial charge in [0.2, 0.25) is 0 Å². The molecule has 1 N–H and O–H groups in total. The van der Waals surface area contributed by atoms with E-state index in [0.29, 0.717) is 21.9 Å². The molecule has 1 saturated heterocycles. The molecule has 2 amide bonds. The van der Waals surface area contributed by atoms with Crippen LogP contribution in [0.25, 0.3) is 10.4 Å². The van der Waals surface area contributed by atoms with Gasteiger partial charge in [0.25, 0.3) is 11.8 Å². The number of amides is 2. The van der Waals surface area contributed by atoms with Gasteiger partial charge in [-0.1, -0.05) is 30.3 Å². The van der Waals surface area contributed by atoms with Gasteiger partial charge < -0.3 is 15.0 Å². The molecule has 6 nitrogen and oxygen atoms in total. The topological polar surface area (TPSA) is 75.7 Å². The Hall–Kier alpha value is -3.45. The molecule has 1 aliphatic rings. The fourth-order valence-corrected chi connectivity index (χ4v) is 4.74. The molecule has 0 unspecified atom stereocenters. The molecule has 7 heteroatoms. The number of rotatable bonds is 7. The summed E-state index contributed by atoms with van der Waals surface area (Å²) in [4.78, 5) is 40.3. The van der Waals surface area contributed by atoms with Crippen LogP contribution in [-0.4, -0.2) is 42.2 Å². The van der Waals surface area contributed by atoms with Crippen LogP contribution in [0.2, 0.25) is 0 Å². The molecule has 2 heterocycles. The number of carbonyl (C=O) groups is 3. The van der Waals surface area contributed by atoms with Gasteiger partial charge in [-0.3, -0.25) is 14.4 Å². The highest BCUT2D eigenvalue weighted by Crippen LogP contribution is 2.37. The summed E-state index contributed by atoms with van der Waals surface area (Å²) in [7, 11) is 0. The Morgan fingerprint density at radius 1 is 0.970 bits per heavy atom. The minimum atomic E-state index is -0.321. The number of ketones is 1. The van der Waals surface area contributed by atoms with Crippen LogP contribution in [0.1, 0.15) is 46.2 Å². The summed E-state index contributed by atoms with van der Waals surface area (Å²) in [6.45, 7) is 2.91. The molecule has 1 aromatic heterocycles. The van der Waals surface area contributed by atoms with Crippen molar-refractivity contribution in [2.24, 2.45) is 0 Å². The molecule has 1 aliphatic heterocycles. The normalized spacial score (nSPS) is 13.4. The van der Waals surface area contributed by atoms with Crippen LogP contribution in [-0.2, 0) is 4.79 Å². The number of carbonyl (C=O) groups excluding carboxylic acids is 3. The number of hydrogen-bond donors (Lipinski definition) is 1. The van der Waals surface area contributed by atoms with Crippen molar-refractivity contribution in [3.8, 4) is 16.2 Å². The van der Waals surface area contributed by atoms with Gasteiger partial charge in [0, 0.05) is 29.2 Å². The standard InChI is InChI=1S/C26H26N2O4S/c1-18(29)19-10-12-21(13-11-19)27-26(31)25-22(16-23(33-25)20-8-4-2-5-9-20)32-17-24(30)28-14-6-3-7-15-28/h2,4-5,8-13,16H,3,6-7,14-15,17H2,1H3,(H,27,31). The smallest absolute Gasteiger partial charge is 0.269 e. The molecular formula is C26H26N2O4S. The molecule has 4 rings (SSSR count). The minimum absolute atomic E-state index is 0.0345. The first-order valence-corrected chi connectivity index (χ1v) is 11.8. The van der Waals surface area contributed by atoms with Crippen molar-refractivity contribution in [1.82, 2.24) is 4.90 Å². The minimum Gasteiger partial charge on any atom is -0.482 e. The van der Waals surface area contributed by atoms with Gasteiger partial charge in [-0.2, -0.15) is 0 Å². The Bertz CT molecular complexity index is 1130. The number of benzene rings is 2. The van der Waals surface area contributed by atoms with E-state index in [-0.39, 0.29) is 24.2 Å². The highest BCUT2D eigenvalue weighted by molar-refractivity contribution is 7.17. The largest absolute Gasteiger partial charge is 0.482 e. The second kappa shape index (κ2) is 10.4. The summed E-state index contributed by atoms with van der Waals surface area (Å²) < 4.78 is 5.88. The Labute approximate surface area is 197 Å². The van der Waals surface area contributed by atoms with Crippen LogP contribution in [0, 0.1) is 0 Å². The summed E-state index contributed by atoms with van der Waals surface area (Å²) in [5.41, 5.74) is 2.13. The van der Waals surface area contributed by atoms with Gasteiger partial charge in [0.15, 0.2) is 12.4 Å². The summed E-state index contributed by atoms with van der Waals surface area (Å²) >= 11 is 1.32. The van der Waals surface area contributed by atoms with E-state index >= 15 is 0 Å². The Kier molecular flexibility index (Phi) is 7.19. The van der Waals surface area contributed by atoms with Crippen LogP contribution >= 0.6 is 11.3 Å². The molecule has 170 valence electrons. The van der Waals surface area contributed by atoms with E-state index in [1.165, 1.54) is 18.3 Å². The van der Waals surface area contributed by atoms with Crippen LogP contribution < -0.4 is 10.1 Å². The molecule has 33 heavy (non-hydrogen) atoms. The van der Waals surface area contributed by atoms with Crippen LogP contribution in [0.5, 0.6) is 5.75 Å². The van der Waals surface area contributed by atoms with Crippen molar-refractivity contribution in [2.75, 3.05) is 25.0 Å². The van der Waals surface area contributed by atoms with Gasteiger partial charge >= 0.3 is 0 Å². The molecule has 0 bridgehead atoms. The van der Waals surface area contributed by atoms with Crippen molar-refractivity contribution in [1.29, 1.82) is 0 Å². The number of nitrogens with zero attached hydrogens (tertiary/aromatic N) is 1. The lowest BCUT2D eigenvalue weighted by Gasteiger charge is -2.26.